The highest BCUT2D eigenvalue weighted by atomic mass is 19.1. The molecule has 1 fully saturated rings. The van der Waals surface area contributed by atoms with Gasteiger partial charge >= 0.3 is 0 Å². The number of hydrogen-bond donors (Lipinski definition) is 1. The van der Waals surface area contributed by atoms with Gasteiger partial charge in [-0.2, -0.15) is 0 Å². The normalized spacial score (nSPS) is 24.2. The van der Waals surface area contributed by atoms with Gasteiger partial charge in [0.25, 0.3) is 0 Å². The summed E-state index contributed by atoms with van der Waals surface area (Å²) in [6, 6.07) is 3.56. The Morgan fingerprint density at radius 3 is 2.50 bits per heavy atom. The topological polar surface area (TPSA) is 12.0 Å². The monoisotopic (exact) mass is 225 g/mol. The van der Waals surface area contributed by atoms with Gasteiger partial charge in [0.05, 0.1) is 0 Å². The van der Waals surface area contributed by atoms with Crippen LogP contribution in [0, 0.1) is 23.0 Å². The number of hydrogen-bond acceptors (Lipinski definition) is 1. The SMILES string of the molecule is CNC(c1cc(F)ccc1F)C1CC1(C)C. The third kappa shape index (κ3) is 1.96. The van der Waals surface area contributed by atoms with Gasteiger partial charge < -0.3 is 5.32 Å². The van der Waals surface area contributed by atoms with Crippen LogP contribution in [0.25, 0.3) is 0 Å². The number of halogens is 2. The van der Waals surface area contributed by atoms with Crippen LogP contribution < -0.4 is 5.32 Å². The molecule has 1 aliphatic carbocycles. The van der Waals surface area contributed by atoms with E-state index in [0.29, 0.717) is 11.5 Å². The summed E-state index contributed by atoms with van der Waals surface area (Å²) in [6.45, 7) is 4.30. The van der Waals surface area contributed by atoms with Crippen LogP contribution in [0.1, 0.15) is 31.9 Å². The van der Waals surface area contributed by atoms with Crippen molar-refractivity contribution >= 4 is 0 Å². The molecule has 0 bridgehead atoms. The zero-order chi connectivity index (χ0) is 11.9. The summed E-state index contributed by atoms with van der Waals surface area (Å²) in [5.41, 5.74) is 0.671. The summed E-state index contributed by atoms with van der Waals surface area (Å²) in [5, 5.41) is 3.10. The highest BCUT2D eigenvalue weighted by Gasteiger charge is 2.50. The maximum Gasteiger partial charge on any atom is 0.128 e. The van der Waals surface area contributed by atoms with Gasteiger partial charge in [0.15, 0.2) is 0 Å². The predicted octanol–water partition coefficient (Wildman–Crippen LogP) is 3.27. The molecule has 0 spiro atoms. The molecule has 16 heavy (non-hydrogen) atoms. The Labute approximate surface area is 94.9 Å². The zero-order valence-electron chi connectivity index (χ0n) is 9.85. The fourth-order valence-electron chi connectivity index (χ4n) is 2.40. The molecule has 2 rings (SSSR count). The lowest BCUT2D eigenvalue weighted by Crippen LogP contribution is -2.21. The summed E-state index contributed by atoms with van der Waals surface area (Å²) >= 11 is 0. The van der Waals surface area contributed by atoms with Crippen LogP contribution in [0.15, 0.2) is 18.2 Å². The zero-order valence-corrected chi connectivity index (χ0v) is 9.85. The van der Waals surface area contributed by atoms with E-state index >= 15 is 0 Å². The largest absolute Gasteiger partial charge is 0.313 e. The van der Waals surface area contributed by atoms with E-state index in [4.69, 9.17) is 0 Å². The lowest BCUT2D eigenvalue weighted by molar-refractivity contribution is 0.423. The average Bonchev–Trinajstić information content (AvgIpc) is 2.82. The Morgan fingerprint density at radius 1 is 1.38 bits per heavy atom. The van der Waals surface area contributed by atoms with Crippen LogP contribution in [0.4, 0.5) is 8.78 Å². The molecule has 1 N–H and O–H groups in total. The Morgan fingerprint density at radius 2 is 2.00 bits per heavy atom. The maximum absolute atomic E-state index is 13.6. The van der Waals surface area contributed by atoms with E-state index in [0.717, 1.165) is 12.5 Å². The highest BCUT2D eigenvalue weighted by molar-refractivity contribution is 5.25. The van der Waals surface area contributed by atoms with Crippen LogP contribution in [-0.4, -0.2) is 7.05 Å². The van der Waals surface area contributed by atoms with Gasteiger partial charge in [0.2, 0.25) is 0 Å². The molecular weight excluding hydrogens is 208 g/mol. The van der Waals surface area contributed by atoms with Gasteiger partial charge in [-0.15, -0.1) is 0 Å². The minimum absolute atomic E-state index is 0.0919. The molecular formula is C13H17F2N. The Kier molecular flexibility index (Phi) is 2.74. The maximum atomic E-state index is 13.6. The van der Waals surface area contributed by atoms with Crippen LogP contribution in [0.3, 0.4) is 0 Å². The molecule has 1 aromatic rings. The van der Waals surface area contributed by atoms with Crippen molar-refractivity contribution in [2.45, 2.75) is 26.3 Å². The van der Waals surface area contributed by atoms with E-state index in [1.54, 1.807) is 7.05 Å². The molecule has 0 aromatic heterocycles. The minimum Gasteiger partial charge on any atom is -0.313 e. The van der Waals surface area contributed by atoms with E-state index in [2.05, 4.69) is 19.2 Å². The first-order valence-corrected chi connectivity index (χ1v) is 5.58. The molecule has 3 heteroatoms. The molecule has 0 aliphatic heterocycles. The quantitative estimate of drug-likeness (QED) is 0.832. The molecule has 0 heterocycles. The second-order valence-corrected chi connectivity index (χ2v) is 5.23. The van der Waals surface area contributed by atoms with E-state index in [-0.39, 0.29) is 23.1 Å². The van der Waals surface area contributed by atoms with Crippen molar-refractivity contribution in [2.75, 3.05) is 7.05 Å². The van der Waals surface area contributed by atoms with Gasteiger partial charge in [-0.05, 0) is 43.0 Å². The van der Waals surface area contributed by atoms with E-state index in [9.17, 15) is 8.78 Å². The first kappa shape index (κ1) is 11.5. The molecule has 0 saturated heterocycles. The highest BCUT2D eigenvalue weighted by Crippen LogP contribution is 2.57. The van der Waals surface area contributed by atoms with Crippen molar-refractivity contribution in [3.8, 4) is 0 Å². The first-order valence-electron chi connectivity index (χ1n) is 5.58. The first-order chi connectivity index (χ1) is 7.45. The molecule has 2 atom stereocenters. The summed E-state index contributed by atoms with van der Waals surface area (Å²) < 4.78 is 26.8. The second kappa shape index (κ2) is 3.81. The summed E-state index contributed by atoms with van der Waals surface area (Å²) in [4.78, 5) is 0. The Hall–Kier alpha value is -0.960. The van der Waals surface area contributed by atoms with Crippen molar-refractivity contribution in [2.24, 2.45) is 11.3 Å². The Bertz CT molecular complexity index is 401. The predicted molar refractivity (Wildman–Crippen MR) is 60.0 cm³/mol. The van der Waals surface area contributed by atoms with Crippen molar-refractivity contribution in [1.82, 2.24) is 5.32 Å². The molecule has 1 nitrogen and oxygen atoms in total. The van der Waals surface area contributed by atoms with Gasteiger partial charge in [-0.3, -0.25) is 0 Å². The van der Waals surface area contributed by atoms with E-state index < -0.39 is 0 Å². The van der Waals surface area contributed by atoms with E-state index in [1.165, 1.54) is 12.1 Å². The lowest BCUT2D eigenvalue weighted by atomic mass is 9.96. The fraction of sp³-hybridized carbons (Fsp3) is 0.538. The smallest absolute Gasteiger partial charge is 0.128 e. The van der Waals surface area contributed by atoms with Gasteiger partial charge in [-0.1, -0.05) is 13.8 Å². The Balaban J connectivity index is 2.30. The number of rotatable bonds is 3. The third-order valence-corrected chi connectivity index (χ3v) is 3.60. The van der Waals surface area contributed by atoms with Crippen molar-refractivity contribution in [1.29, 1.82) is 0 Å². The second-order valence-electron chi connectivity index (χ2n) is 5.23. The summed E-state index contributed by atoms with van der Waals surface area (Å²) in [6.07, 6.45) is 1.05. The van der Waals surface area contributed by atoms with Crippen LogP contribution in [0.2, 0.25) is 0 Å². The molecule has 1 aliphatic rings. The molecule has 88 valence electrons. The van der Waals surface area contributed by atoms with Gasteiger partial charge in [0, 0.05) is 11.6 Å². The third-order valence-electron chi connectivity index (χ3n) is 3.60. The summed E-state index contributed by atoms with van der Waals surface area (Å²) in [7, 11) is 1.80. The molecule has 0 amide bonds. The molecule has 0 radical (unpaired) electrons. The van der Waals surface area contributed by atoms with Gasteiger partial charge in [-0.25, -0.2) is 8.78 Å². The lowest BCUT2D eigenvalue weighted by Gasteiger charge is -2.19. The van der Waals surface area contributed by atoms with Crippen molar-refractivity contribution in [3.63, 3.8) is 0 Å². The number of benzene rings is 1. The fourth-order valence-corrected chi connectivity index (χ4v) is 2.40. The molecule has 1 saturated carbocycles. The number of nitrogens with one attached hydrogen (secondary N) is 1. The van der Waals surface area contributed by atoms with Crippen molar-refractivity contribution in [3.05, 3.63) is 35.4 Å². The standard InChI is InChI=1S/C13H17F2N/c1-13(2)7-10(13)12(16-3)9-6-8(14)4-5-11(9)15/h4-6,10,12,16H,7H2,1-3H3. The van der Waals surface area contributed by atoms with Crippen LogP contribution >= 0.6 is 0 Å². The summed E-state index contributed by atoms with van der Waals surface area (Å²) in [5.74, 6) is -0.327. The van der Waals surface area contributed by atoms with E-state index in [1.807, 2.05) is 0 Å². The minimum atomic E-state index is -0.380. The average molecular weight is 225 g/mol. The molecule has 2 unspecified atom stereocenters. The van der Waals surface area contributed by atoms with Gasteiger partial charge in [0.1, 0.15) is 11.6 Å². The molecule has 1 aromatic carbocycles. The van der Waals surface area contributed by atoms with Crippen LogP contribution in [-0.2, 0) is 0 Å². The van der Waals surface area contributed by atoms with Crippen molar-refractivity contribution < 1.29 is 8.78 Å². The van der Waals surface area contributed by atoms with Crippen LogP contribution in [0.5, 0.6) is 0 Å².